The van der Waals surface area contributed by atoms with Crippen LogP contribution in [0.25, 0.3) is 10.9 Å². The fourth-order valence-electron chi connectivity index (χ4n) is 6.12. The van der Waals surface area contributed by atoms with E-state index in [0.717, 1.165) is 33.3 Å². The van der Waals surface area contributed by atoms with E-state index in [-0.39, 0.29) is 17.8 Å². The van der Waals surface area contributed by atoms with Gasteiger partial charge in [-0.05, 0) is 74.1 Å². The molecule has 0 unspecified atom stereocenters. The van der Waals surface area contributed by atoms with Crippen LogP contribution in [-0.4, -0.2) is 86.0 Å². The standard InChI is InChI=1S/C35H42FN7O3/c1-22-18-25(36)11-13-31(22)42-14-16-43(17-15-42)35(46)40-32(23(2)28-20-38-29-9-7-6-8-26(28)29)34(45)39-30-19-24(21-41(4)5)10-12-27(30)33(44)37-3/h6-13,18-20,23,32,38H,14-17,21H2,1-5H3,(H,37,44)(H,39,45)(H,40,46)/t23-,32-/m1/s1. The van der Waals surface area contributed by atoms with Crippen molar-refractivity contribution in [1.29, 1.82) is 0 Å². The number of nitrogens with zero attached hydrogens (tertiary/aromatic N) is 3. The topological polar surface area (TPSA) is 113 Å². The number of amides is 4. The molecule has 242 valence electrons. The molecule has 11 heteroatoms. The summed E-state index contributed by atoms with van der Waals surface area (Å²) in [7, 11) is 5.43. The number of rotatable bonds is 9. The highest BCUT2D eigenvalue weighted by molar-refractivity contribution is 6.06. The number of carbonyl (C=O) groups excluding carboxylic acids is 3. The third-order valence-electron chi connectivity index (χ3n) is 8.55. The monoisotopic (exact) mass is 627 g/mol. The first-order valence-corrected chi connectivity index (χ1v) is 15.5. The van der Waals surface area contributed by atoms with Crippen molar-refractivity contribution in [3.05, 3.63) is 94.9 Å². The van der Waals surface area contributed by atoms with Crippen LogP contribution in [0.5, 0.6) is 0 Å². The van der Waals surface area contributed by atoms with Crippen LogP contribution < -0.4 is 20.9 Å². The first-order chi connectivity index (χ1) is 22.0. The van der Waals surface area contributed by atoms with Crippen LogP contribution in [0.2, 0.25) is 0 Å². The van der Waals surface area contributed by atoms with Crippen molar-refractivity contribution < 1.29 is 18.8 Å². The van der Waals surface area contributed by atoms with Gasteiger partial charge in [-0.2, -0.15) is 0 Å². The molecule has 1 aliphatic rings. The molecule has 3 aromatic carbocycles. The highest BCUT2D eigenvalue weighted by Gasteiger charge is 2.33. The van der Waals surface area contributed by atoms with E-state index >= 15 is 0 Å². The third-order valence-corrected chi connectivity index (χ3v) is 8.55. The number of benzene rings is 3. The molecule has 46 heavy (non-hydrogen) atoms. The highest BCUT2D eigenvalue weighted by Crippen LogP contribution is 2.29. The molecule has 0 radical (unpaired) electrons. The number of piperazine rings is 1. The second-order valence-corrected chi connectivity index (χ2v) is 12.1. The van der Waals surface area contributed by atoms with Gasteiger partial charge in [-0.1, -0.05) is 31.2 Å². The number of H-pyrrole nitrogens is 1. The largest absolute Gasteiger partial charge is 0.368 e. The molecule has 0 aliphatic carbocycles. The van der Waals surface area contributed by atoms with E-state index in [1.807, 2.05) is 69.4 Å². The molecule has 2 atom stereocenters. The van der Waals surface area contributed by atoms with Gasteiger partial charge < -0.3 is 35.6 Å². The summed E-state index contributed by atoms with van der Waals surface area (Å²) in [5, 5.41) is 9.61. The molecule has 1 aliphatic heterocycles. The Bertz CT molecular complexity index is 1730. The Morgan fingerprint density at radius 1 is 1.00 bits per heavy atom. The van der Waals surface area contributed by atoms with Crippen LogP contribution in [0.15, 0.2) is 66.9 Å². The van der Waals surface area contributed by atoms with Crippen LogP contribution in [0.1, 0.15) is 39.9 Å². The summed E-state index contributed by atoms with van der Waals surface area (Å²) < 4.78 is 13.7. The Morgan fingerprint density at radius 3 is 2.43 bits per heavy atom. The Morgan fingerprint density at radius 2 is 1.74 bits per heavy atom. The van der Waals surface area contributed by atoms with E-state index < -0.39 is 17.9 Å². The van der Waals surface area contributed by atoms with Crippen LogP contribution >= 0.6 is 0 Å². The zero-order valence-corrected chi connectivity index (χ0v) is 27.0. The number of fused-ring (bicyclic) bond motifs is 1. The van der Waals surface area contributed by atoms with Gasteiger partial charge in [0.2, 0.25) is 5.91 Å². The summed E-state index contributed by atoms with van der Waals surface area (Å²) in [5.74, 6) is -1.46. The number of anilines is 2. The van der Waals surface area contributed by atoms with Crippen molar-refractivity contribution in [3.8, 4) is 0 Å². The number of aromatic nitrogens is 1. The van der Waals surface area contributed by atoms with E-state index in [1.54, 1.807) is 30.1 Å². The van der Waals surface area contributed by atoms with Crippen molar-refractivity contribution in [3.63, 3.8) is 0 Å². The SMILES string of the molecule is CNC(=O)c1ccc(CN(C)C)cc1NC(=O)[C@H](NC(=O)N1CCN(c2ccc(F)cc2C)CC1)[C@H](C)c1c[nH]c2ccccc12. The number of nitrogens with one attached hydrogen (secondary N) is 4. The van der Waals surface area contributed by atoms with E-state index in [0.29, 0.717) is 44.0 Å². The Kier molecular flexibility index (Phi) is 9.91. The van der Waals surface area contributed by atoms with Crippen LogP contribution in [0, 0.1) is 12.7 Å². The van der Waals surface area contributed by atoms with Crippen LogP contribution in [-0.2, 0) is 11.3 Å². The third kappa shape index (κ3) is 7.15. The summed E-state index contributed by atoms with van der Waals surface area (Å²) in [4.78, 5) is 49.8. The average Bonchev–Trinajstić information content (AvgIpc) is 3.47. The Labute approximate surface area is 268 Å². The smallest absolute Gasteiger partial charge is 0.318 e. The molecular formula is C35H42FN7O3. The zero-order valence-electron chi connectivity index (χ0n) is 27.0. The number of hydrogen-bond acceptors (Lipinski definition) is 5. The lowest BCUT2D eigenvalue weighted by molar-refractivity contribution is -0.118. The summed E-state index contributed by atoms with van der Waals surface area (Å²) in [6, 6.07) is 16.6. The molecule has 5 rings (SSSR count). The molecule has 4 aromatic rings. The lowest BCUT2D eigenvalue weighted by Crippen LogP contribution is -2.56. The Balaban J connectivity index is 1.40. The van der Waals surface area contributed by atoms with Gasteiger partial charge in [-0.15, -0.1) is 0 Å². The quantitative estimate of drug-likeness (QED) is 0.215. The van der Waals surface area contributed by atoms with Crippen LogP contribution in [0.3, 0.4) is 0 Å². The van der Waals surface area contributed by atoms with Gasteiger partial charge in [-0.25, -0.2) is 9.18 Å². The van der Waals surface area contributed by atoms with E-state index in [2.05, 4.69) is 25.8 Å². The van der Waals surface area contributed by atoms with Crippen molar-refractivity contribution >= 4 is 40.1 Å². The Hall–Kier alpha value is -4.90. The number of aryl methyl sites for hydroxylation is 1. The highest BCUT2D eigenvalue weighted by atomic mass is 19.1. The lowest BCUT2D eigenvalue weighted by Gasteiger charge is -2.37. The minimum Gasteiger partial charge on any atom is -0.368 e. The molecular weight excluding hydrogens is 585 g/mol. The van der Waals surface area contributed by atoms with Gasteiger partial charge in [-0.3, -0.25) is 9.59 Å². The number of para-hydroxylation sites is 1. The summed E-state index contributed by atoms with van der Waals surface area (Å²) >= 11 is 0. The van der Waals surface area contributed by atoms with Gasteiger partial charge >= 0.3 is 6.03 Å². The zero-order chi connectivity index (χ0) is 33.0. The van der Waals surface area contributed by atoms with Crippen molar-refractivity contribution in [2.75, 3.05) is 57.5 Å². The molecule has 2 heterocycles. The van der Waals surface area contributed by atoms with Crippen molar-refractivity contribution in [2.45, 2.75) is 32.4 Å². The van der Waals surface area contributed by atoms with Gasteiger partial charge in [0.1, 0.15) is 11.9 Å². The van der Waals surface area contributed by atoms with E-state index in [9.17, 15) is 18.8 Å². The minimum atomic E-state index is -0.959. The lowest BCUT2D eigenvalue weighted by atomic mass is 9.92. The predicted molar refractivity (Wildman–Crippen MR) is 180 cm³/mol. The molecule has 10 nitrogen and oxygen atoms in total. The summed E-state index contributed by atoms with van der Waals surface area (Å²) in [5.41, 5.74) is 5.23. The fraction of sp³-hybridized carbons (Fsp3) is 0.343. The molecule has 1 fully saturated rings. The van der Waals surface area contributed by atoms with Gasteiger partial charge in [0, 0.05) is 68.5 Å². The second kappa shape index (κ2) is 14.0. The first kappa shape index (κ1) is 32.5. The number of urea groups is 1. The van der Waals surface area contributed by atoms with E-state index in [1.165, 1.54) is 12.1 Å². The predicted octanol–water partition coefficient (Wildman–Crippen LogP) is 4.68. The normalized spacial score (nSPS) is 14.7. The number of halogens is 1. The van der Waals surface area contributed by atoms with Gasteiger partial charge in [0.15, 0.2) is 0 Å². The number of hydrogen-bond donors (Lipinski definition) is 4. The summed E-state index contributed by atoms with van der Waals surface area (Å²) in [6.07, 6.45) is 1.87. The molecule has 4 amide bonds. The molecule has 1 saturated heterocycles. The molecule has 0 saturated carbocycles. The maximum Gasteiger partial charge on any atom is 0.318 e. The first-order valence-electron chi connectivity index (χ1n) is 15.5. The van der Waals surface area contributed by atoms with E-state index in [4.69, 9.17) is 0 Å². The van der Waals surface area contributed by atoms with Gasteiger partial charge in [0.25, 0.3) is 5.91 Å². The van der Waals surface area contributed by atoms with Crippen LogP contribution in [0.4, 0.5) is 20.6 Å². The number of aromatic amines is 1. The second-order valence-electron chi connectivity index (χ2n) is 12.1. The molecule has 4 N–H and O–H groups in total. The molecule has 0 bridgehead atoms. The number of carbonyl (C=O) groups is 3. The molecule has 1 aromatic heterocycles. The van der Waals surface area contributed by atoms with Gasteiger partial charge in [0.05, 0.1) is 11.3 Å². The van der Waals surface area contributed by atoms with Crippen molar-refractivity contribution in [1.82, 2.24) is 25.4 Å². The maximum absolute atomic E-state index is 14.2. The molecule has 0 spiro atoms. The summed E-state index contributed by atoms with van der Waals surface area (Å²) in [6.45, 7) is 6.42. The average molecular weight is 628 g/mol. The minimum absolute atomic E-state index is 0.278. The van der Waals surface area contributed by atoms with Crippen molar-refractivity contribution in [2.24, 2.45) is 0 Å². The maximum atomic E-state index is 14.2. The fourth-order valence-corrected chi connectivity index (χ4v) is 6.12.